The average molecular weight is 511 g/mol. The minimum Gasteiger partial charge on any atom is -0.480 e. The summed E-state index contributed by atoms with van der Waals surface area (Å²) in [5.74, 6) is -2.77. The van der Waals surface area contributed by atoms with E-state index in [0.717, 1.165) is 22.9 Å². The van der Waals surface area contributed by atoms with Crippen molar-refractivity contribution >= 4 is 38.3 Å². The molecule has 4 rings (SSSR count). The monoisotopic (exact) mass is 510 g/mol. The Kier molecular flexibility index (Phi) is 6.88. The molecule has 36 heavy (non-hydrogen) atoms. The average Bonchev–Trinajstić information content (AvgIpc) is 2.85. The smallest absolute Gasteiger partial charge is 0.322 e. The molecule has 0 fully saturated rings. The number of nitrogens with zero attached hydrogens (tertiary/aromatic N) is 3. The van der Waals surface area contributed by atoms with Crippen LogP contribution in [0.3, 0.4) is 0 Å². The Morgan fingerprint density at radius 1 is 1.03 bits per heavy atom. The number of aryl methyl sites for hydroxylation is 1. The first kappa shape index (κ1) is 24.7. The number of sulfone groups is 1. The number of anilines is 1. The summed E-state index contributed by atoms with van der Waals surface area (Å²) in [7, 11) is -4.35. The molecule has 0 aliphatic heterocycles. The summed E-state index contributed by atoms with van der Waals surface area (Å²) in [4.78, 5) is 36.4. The lowest BCUT2D eigenvalue weighted by Gasteiger charge is -2.14. The van der Waals surface area contributed by atoms with Crippen molar-refractivity contribution in [3.05, 3.63) is 94.5 Å². The quantitative estimate of drug-likeness (QED) is 0.367. The molecule has 1 atom stereocenters. The molecule has 4 aromatic rings. The van der Waals surface area contributed by atoms with Gasteiger partial charge >= 0.3 is 5.97 Å². The lowest BCUT2D eigenvalue weighted by molar-refractivity contribution is -0.136. The Morgan fingerprint density at radius 2 is 1.75 bits per heavy atom. The molecule has 1 aromatic heterocycles. The summed E-state index contributed by atoms with van der Waals surface area (Å²) >= 11 is 0. The van der Waals surface area contributed by atoms with Gasteiger partial charge in [0.2, 0.25) is 0 Å². The largest absolute Gasteiger partial charge is 0.480 e. The zero-order valence-corrected chi connectivity index (χ0v) is 19.4. The van der Waals surface area contributed by atoms with Gasteiger partial charge in [-0.25, -0.2) is 17.5 Å². The van der Waals surface area contributed by atoms with Crippen molar-refractivity contribution in [2.45, 2.75) is 23.1 Å². The van der Waals surface area contributed by atoms with Crippen molar-refractivity contribution in [3.63, 3.8) is 0 Å². The fourth-order valence-corrected chi connectivity index (χ4v) is 5.07. The molecule has 12 heteroatoms. The summed E-state index contributed by atoms with van der Waals surface area (Å²) in [6.45, 7) is -0.283. The molecule has 184 valence electrons. The summed E-state index contributed by atoms with van der Waals surface area (Å²) < 4.78 is 40.4. The SMILES string of the molecule is O=C(Nc1ccc(S(=O)(=O)C(CCn2nnc3ccccc3c2=O)C(=O)O)cc1)c1cccc(F)c1. The Bertz CT molecular complexity index is 1620. The normalized spacial score (nSPS) is 12.2. The number of carboxylic acid groups (broad SMARTS) is 1. The predicted octanol–water partition coefficient (Wildman–Crippen LogP) is 2.50. The van der Waals surface area contributed by atoms with Gasteiger partial charge < -0.3 is 10.4 Å². The van der Waals surface area contributed by atoms with Gasteiger partial charge in [0.05, 0.1) is 10.3 Å². The zero-order valence-electron chi connectivity index (χ0n) is 18.5. The van der Waals surface area contributed by atoms with Crippen molar-refractivity contribution in [1.29, 1.82) is 0 Å². The topological polar surface area (TPSA) is 148 Å². The van der Waals surface area contributed by atoms with E-state index in [4.69, 9.17) is 0 Å². The van der Waals surface area contributed by atoms with Gasteiger partial charge in [-0.3, -0.25) is 14.4 Å². The number of benzene rings is 3. The summed E-state index contributed by atoms with van der Waals surface area (Å²) in [5, 5.41) is 18.2. The highest BCUT2D eigenvalue weighted by Gasteiger charge is 2.34. The molecule has 0 saturated carbocycles. The van der Waals surface area contributed by atoms with Crippen LogP contribution < -0.4 is 10.9 Å². The molecule has 1 amide bonds. The van der Waals surface area contributed by atoms with E-state index in [1.54, 1.807) is 24.3 Å². The molecule has 0 bridgehead atoms. The van der Waals surface area contributed by atoms with E-state index in [1.165, 1.54) is 30.3 Å². The Hall–Kier alpha value is -4.45. The molecule has 1 heterocycles. The summed E-state index contributed by atoms with van der Waals surface area (Å²) in [6.07, 6.45) is -0.428. The van der Waals surface area contributed by atoms with Gasteiger partial charge in [-0.15, -0.1) is 5.10 Å². The van der Waals surface area contributed by atoms with Crippen LogP contribution in [0.1, 0.15) is 16.8 Å². The maximum absolute atomic E-state index is 13.3. The van der Waals surface area contributed by atoms with Crippen molar-refractivity contribution in [2.24, 2.45) is 0 Å². The van der Waals surface area contributed by atoms with Crippen LogP contribution in [0, 0.1) is 5.82 Å². The number of carboxylic acids is 1. The molecule has 3 aromatic carbocycles. The summed E-state index contributed by atoms with van der Waals surface area (Å²) in [5.41, 5.74) is 0.156. The lowest BCUT2D eigenvalue weighted by Crippen LogP contribution is -2.34. The van der Waals surface area contributed by atoms with Gasteiger partial charge in [0.1, 0.15) is 11.3 Å². The second-order valence-electron chi connectivity index (χ2n) is 7.78. The standard InChI is InChI=1S/C24H19FN4O6S/c25-16-5-3-4-15(14-16)22(30)26-17-8-10-18(11-9-17)36(34,35)21(24(32)33)12-13-29-23(31)19-6-1-2-7-20(19)27-28-29/h1-11,14,21H,12-13H2,(H,26,30)(H,32,33). The number of aliphatic carboxylic acids is 1. The number of carbonyl (C=O) groups excluding carboxylic acids is 1. The summed E-state index contributed by atoms with van der Waals surface area (Å²) in [6, 6.07) is 16.4. The third-order valence-corrected chi connectivity index (χ3v) is 7.53. The van der Waals surface area contributed by atoms with Crippen LogP contribution in [0.2, 0.25) is 0 Å². The van der Waals surface area contributed by atoms with Crippen LogP contribution in [0.15, 0.2) is 82.5 Å². The highest BCUT2D eigenvalue weighted by molar-refractivity contribution is 7.92. The Labute approximate surface area is 203 Å². The number of fused-ring (bicyclic) bond motifs is 1. The minimum absolute atomic E-state index is 0.0738. The minimum atomic E-state index is -4.35. The maximum Gasteiger partial charge on any atom is 0.322 e. The van der Waals surface area contributed by atoms with E-state index in [1.807, 2.05) is 0 Å². The molecule has 2 N–H and O–H groups in total. The van der Waals surface area contributed by atoms with Crippen LogP contribution in [0.25, 0.3) is 10.9 Å². The van der Waals surface area contributed by atoms with Crippen molar-refractivity contribution in [1.82, 2.24) is 15.0 Å². The highest BCUT2D eigenvalue weighted by Crippen LogP contribution is 2.22. The van der Waals surface area contributed by atoms with Gasteiger partial charge in [0, 0.05) is 17.8 Å². The van der Waals surface area contributed by atoms with Crippen LogP contribution in [0.5, 0.6) is 0 Å². The van der Waals surface area contributed by atoms with Gasteiger partial charge in [-0.1, -0.05) is 23.4 Å². The first-order valence-electron chi connectivity index (χ1n) is 10.6. The van der Waals surface area contributed by atoms with Crippen LogP contribution >= 0.6 is 0 Å². The number of hydrogen-bond donors (Lipinski definition) is 2. The van der Waals surface area contributed by atoms with Crippen molar-refractivity contribution in [3.8, 4) is 0 Å². The molecule has 1 unspecified atom stereocenters. The fraction of sp³-hybridized carbons (Fsp3) is 0.125. The first-order chi connectivity index (χ1) is 17.2. The first-order valence-corrected chi connectivity index (χ1v) is 12.2. The molecule has 0 radical (unpaired) electrons. The number of carbonyl (C=O) groups is 2. The van der Waals surface area contributed by atoms with Crippen LogP contribution in [0.4, 0.5) is 10.1 Å². The molecule has 0 saturated heterocycles. The Morgan fingerprint density at radius 3 is 2.44 bits per heavy atom. The van der Waals surface area contributed by atoms with E-state index in [0.29, 0.717) is 5.52 Å². The number of halogens is 1. The number of hydrogen-bond acceptors (Lipinski definition) is 7. The third-order valence-electron chi connectivity index (χ3n) is 5.41. The maximum atomic E-state index is 13.3. The second kappa shape index (κ2) is 10.0. The lowest BCUT2D eigenvalue weighted by atomic mass is 10.2. The molecule has 0 aliphatic carbocycles. The zero-order chi connectivity index (χ0) is 25.9. The van der Waals surface area contributed by atoms with E-state index in [2.05, 4.69) is 15.6 Å². The van der Waals surface area contributed by atoms with Gasteiger partial charge in [0.25, 0.3) is 11.5 Å². The second-order valence-corrected chi connectivity index (χ2v) is 9.91. The van der Waals surface area contributed by atoms with E-state index >= 15 is 0 Å². The highest BCUT2D eigenvalue weighted by atomic mass is 32.2. The van der Waals surface area contributed by atoms with Crippen molar-refractivity contribution in [2.75, 3.05) is 5.32 Å². The van der Waals surface area contributed by atoms with Gasteiger partial charge in [-0.2, -0.15) is 0 Å². The number of rotatable bonds is 8. The molecule has 10 nitrogen and oxygen atoms in total. The van der Waals surface area contributed by atoms with E-state index in [9.17, 15) is 32.3 Å². The van der Waals surface area contributed by atoms with Crippen LogP contribution in [-0.4, -0.2) is 45.6 Å². The van der Waals surface area contributed by atoms with E-state index in [-0.39, 0.29) is 28.1 Å². The molecule has 0 aliphatic rings. The van der Waals surface area contributed by atoms with Crippen molar-refractivity contribution < 1.29 is 27.5 Å². The molecule has 0 spiro atoms. The van der Waals surface area contributed by atoms with Gasteiger partial charge in [-0.05, 0) is 61.0 Å². The predicted molar refractivity (Wildman–Crippen MR) is 128 cm³/mol. The molecular formula is C24H19FN4O6S. The third kappa shape index (κ3) is 5.13. The number of nitrogens with one attached hydrogen (secondary N) is 1. The number of amides is 1. The fourth-order valence-electron chi connectivity index (χ4n) is 3.55. The number of aromatic nitrogens is 3. The Balaban J connectivity index is 1.51. The van der Waals surface area contributed by atoms with Crippen LogP contribution in [-0.2, 0) is 21.2 Å². The molecular weight excluding hydrogens is 491 g/mol. The van der Waals surface area contributed by atoms with E-state index < -0.39 is 44.8 Å². The van der Waals surface area contributed by atoms with Gasteiger partial charge in [0.15, 0.2) is 15.1 Å².